The normalized spacial score (nSPS) is 12.9. The lowest BCUT2D eigenvalue weighted by atomic mass is 10.2. The summed E-state index contributed by atoms with van der Waals surface area (Å²) in [6.45, 7) is 4.77. The molecule has 2 rings (SSSR count). The van der Waals surface area contributed by atoms with E-state index in [0.717, 1.165) is 0 Å². The van der Waals surface area contributed by atoms with Gasteiger partial charge in [0.05, 0.1) is 21.3 Å². The van der Waals surface area contributed by atoms with Crippen molar-refractivity contribution < 1.29 is 22.9 Å². The van der Waals surface area contributed by atoms with E-state index in [2.05, 4.69) is 5.32 Å². The Kier molecular flexibility index (Phi) is 6.63. The third-order valence-electron chi connectivity index (χ3n) is 3.71. The second kappa shape index (κ2) is 8.71. The number of rotatable bonds is 6. The Morgan fingerprint density at radius 2 is 1.92 bits per heavy atom. The number of ether oxygens (including phenoxy) is 1. The number of hydrogen-bond donors (Lipinski definition) is 1. The predicted molar refractivity (Wildman–Crippen MR) is 98.0 cm³/mol. The molecule has 0 radical (unpaired) electrons. The zero-order valence-corrected chi connectivity index (χ0v) is 15.6. The van der Waals surface area contributed by atoms with E-state index >= 15 is 0 Å². The van der Waals surface area contributed by atoms with Gasteiger partial charge in [0.1, 0.15) is 5.82 Å². The van der Waals surface area contributed by atoms with Crippen molar-refractivity contribution in [3.63, 3.8) is 0 Å². The Bertz CT molecular complexity index is 853. The molecule has 0 saturated heterocycles. The SMILES string of the molecule is CC[S@](=O)c1ccccc1C(=O)O[C@H](C)C(=O)Nc1ccc(C)c(F)c1. The van der Waals surface area contributed by atoms with Crippen molar-refractivity contribution in [3.05, 3.63) is 59.4 Å². The summed E-state index contributed by atoms with van der Waals surface area (Å²) in [4.78, 5) is 24.9. The number of amides is 1. The van der Waals surface area contributed by atoms with Crippen LogP contribution in [0.1, 0.15) is 29.8 Å². The van der Waals surface area contributed by atoms with Gasteiger partial charge in [-0.2, -0.15) is 0 Å². The van der Waals surface area contributed by atoms with E-state index in [4.69, 9.17) is 4.74 Å². The van der Waals surface area contributed by atoms with Crippen LogP contribution >= 0.6 is 0 Å². The van der Waals surface area contributed by atoms with Crippen molar-refractivity contribution in [2.24, 2.45) is 0 Å². The topological polar surface area (TPSA) is 72.5 Å². The van der Waals surface area contributed by atoms with Crippen molar-refractivity contribution in [1.29, 1.82) is 0 Å². The van der Waals surface area contributed by atoms with Crippen LogP contribution < -0.4 is 5.32 Å². The lowest BCUT2D eigenvalue weighted by Crippen LogP contribution is -2.30. The fraction of sp³-hybridized carbons (Fsp3) is 0.263. The molecule has 0 aliphatic heterocycles. The van der Waals surface area contributed by atoms with Crippen molar-refractivity contribution in [1.82, 2.24) is 0 Å². The van der Waals surface area contributed by atoms with Crippen LogP contribution in [-0.2, 0) is 20.3 Å². The lowest BCUT2D eigenvalue weighted by molar-refractivity contribution is -0.123. The summed E-state index contributed by atoms with van der Waals surface area (Å²) >= 11 is 0. The summed E-state index contributed by atoms with van der Waals surface area (Å²) in [5, 5.41) is 2.50. The minimum absolute atomic E-state index is 0.161. The second-order valence-corrected chi connectivity index (χ2v) is 7.34. The number of esters is 1. The molecule has 0 bridgehead atoms. The number of anilines is 1. The van der Waals surface area contributed by atoms with Crippen LogP contribution in [-0.4, -0.2) is 27.9 Å². The van der Waals surface area contributed by atoms with Gasteiger partial charge >= 0.3 is 5.97 Å². The average molecular weight is 377 g/mol. The average Bonchev–Trinajstić information content (AvgIpc) is 2.63. The number of halogens is 1. The fourth-order valence-corrected chi connectivity index (χ4v) is 3.12. The minimum Gasteiger partial charge on any atom is -0.449 e. The molecule has 7 heteroatoms. The third-order valence-corrected chi connectivity index (χ3v) is 5.08. The van der Waals surface area contributed by atoms with E-state index in [1.54, 1.807) is 38.1 Å². The van der Waals surface area contributed by atoms with Crippen LogP contribution in [0.2, 0.25) is 0 Å². The highest BCUT2D eigenvalue weighted by Gasteiger charge is 2.22. The molecule has 2 aromatic carbocycles. The number of carbonyl (C=O) groups is 2. The Balaban J connectivity index is 2.08. The van der Waals surface area contributed by atoms with Crippen LogP contribution in [0, 0.1) is 12.7 Å². The maximum Gasteiger partial charge on any atom is 0.340 e. The Morgan fingerprint density at radius 3 is 2.58 bits per heavy atom. The van der Waals surface area contributed by atoms with Gasteiger partial charge in [0.25, 0.3) is 5.91 Å². The van der Waals surface area contributed by atoms with Crippen LogP contribution in [0.4, 0.5) is 10.1 Å². The molecule has 2 atom stereocenters. The number of hydrogen-bond acceptors (Lipinski definition) is 4. The summed E-state index contributed by atoms with van der Waals surface area (Å²) in [6.07, 6.45) is -1.10. The molecule has 26 heavy (non-hydrogen) atoms. The van der Waals surface area contributed by atoms with Gasteiger partial charge in [-0.3, -0.25) is 9.00 Å². The van der Waals surface area contributed by atoms with Gasteiger partial charge in [-0.1, -0.05) is 25.1 Å². The maximum atomic E-state index is 13.6. The minimum atomic E-state index is -1.33. The molecule has 5 nitrogen and oxygen atoms in total. The first-order chi connectivity index (χ1) is 12.3. The van der Waals surface area contributed by atoms with Gasteiger partial charge in [-0.15, -0.1) is 0 Å². The fourth-order valence-electron chi connectivity index (χ4n) is 2.18. The van der Waals surface area contributed by atoms with Gasteiger partial charge in [0.2, 0.25) is 0 Å². The van der Waals surface area contributed by atoms with Crippen molar-refractivity contribution in [2.45, 2.75) is 31.8 Å². The highest BCUT2D eigenvalue weighted by Crippen LogP contribution is 2.17. The molecule has 0 saturated carbocycles. The summed E-state index contributed by atoms with van der Waals surface area (Å²) in [6, 6.07) is 10.7. The molecule has 0 unspecified atom stereocenters. The molecule has 0 heterocycles. The van der Waals surface area contributed by atoms with E-state index in [0.29, 0.717) is 16.2 Å². The van der Waals surface area contributed by atoms with Crippen LogP contribution in [0.25, 0.3) is 0 Å². The van der Waals surface area contributed by atoms with Gasteiger partial charge in [-0.05, 0) is 43.7 Å². The second-order valence-electron chi connectivity index (χ2n) is 5.63. The summed E-state index contributed by atoms with van der Waals surface area (Å²) in [7, 11) is -1.33. The zero-order chi connectivity index (χ0) is 19.3. The molecular formula is C19H20FNO4S. The summed E-state index contributed by atoms with van der Waals surface area (Å²) in [5.41, 5.74) is 0.894. The van der Waals surface area contributed by atoms with Gasteiger partial charge < -0.3 is 10.1 Å². The molecule has 138 valence electrons. The van der Waals surface area contributed by atoms with E-state index in [-0.39, 0.29) is 11.3 Å². The Morgan fingerprint density at radius 1 is 1.23 bits per heavy atom. The van der Waals surface area contributed by atoms with Gasteiger partial charge in [-0.25, -0.2) is 9.18 Å². The van der Waals surface area contributed by atoms with Crippen LogP contribution in [0.3, 0.4) is 0 Å². The maximum absolute atomic E-state index is 13.6. The van der Waals surface area contributed by atoms with E-state index in [9.17, 15) is 18.2 Å². The number of carbonyl (C=O) groups excluding carboxylic acids is 2. The number of nitrogens with one attached hydrogen (secondary N) is 1. The highest BCUT2D eigenvalue weighted by molar-refractivity contribution is 7.85. The van der Waals surface area contributed by atoms with E-state index in [1.807, 2.05) is 0 Å². The van der Waals surface area contributed by atoms with E-state index < -0.39 is 34.6 Å². The van der Waals surface area contributed by atoms with E-state index in [1.165, 1.54) is 25.1 Å². The molecular weight excluding hydrogens is 357 g/mol. The lowest BCUT2D eigenvalue weighted by Gasteiger charge is -2.15. The molecule has 1 amide bonds. The first kappa shape index (κ1) is 19.8. The number of aryl methyl sites for hydroxylation is 1. The molecule has 0 fully saturated rings. The number of benzene rings is 2. The monoisotopic (exact) mass is 377 g/mol. The molecule has 0 aromatic heterocycles. The highest BCUT2D eigenvalue weighted by atomic mass is 32.2. The molecule has 0 aliphatic rings. The largest absolute Gasteiger partial charge is 0.449 e. The van der Waals surface area contributed by atoms with Crippen molar-refractivity contribution in [2.75, 3.05) is 11.1 Å². The predicted octanol–water partition coefficient (Wildman–Crippen LogP) is 3.45. The van der Waals surface area contributed by atoms with Crippen molar-refractivity contribution in [3.8, 4) is 0 Å². The smallest absolute Gasteiger partial charge is 0.340 e. The standard InChI is InChI=1S/C19H20FNO4S/c1-4-26(24)17-8-6-5-7-15(17)19(23)25-13(3)18(22)21-14-10-9-12(2)16(20)11-14/h5-11,13H,4H2,1-3H3,(H,21,22)/t13-,26+/m1/s1. The summed E-state index contributed by atoms with van der Waals surface area (Å²) in [5.74, 6) is -1.40. The van der Waals surface area contributed by atoms with Gasteiger partial charge in [0, 0.05) is 11.4 Å². The Labute approximate surface area is 154 Å². The molecule has 1 N–H and O–H groups in total. The molecule has 0 spiro atoms. The van der Waals surface area contributed by atoms with Crippen molar-refractivity contribution >= 4 is 28.4 Å². The zero-order valence-electron chi connectivity index (χ0n) is 14.7. The first-order valence-corrected chi connectivity index (χ1v) is 9.40. The third kappa shape index (κ3) is 4.76. The molecule has 0 aliphatic carbocycles. The quantitative estimate of drug-likeness (QED) is 0.783. The molecule has 2 aromatic rings. The van der Waals surface area contributed by atoms with Gasteiger partial charge in [0.15, 0.2) is 6.10 Å². The summed E-state index contributed by atoms with van der Waals surface area (Å²) < 4.78 is 30.8. The van der Waals surface area contributed by atoms with Crippen LogP contribution in [0.5, 0.6) is 0 Å². The Hall–Kier alpha value is -2.54. The first-order valence-electron chi connectivity index (χ1n) is 8.09. The van der Waals surface area contributed by atoms with Crippen LogP contribution in [0.15, 0.2) is 47.4 Å².